The molecule has 0 aliphatic carbocycles. The number of aliphatic hydroxyl groups is 1. The average Bonchev–Trinajstić information content (AvgIpc) is 3.10. The lowest BCUT2D eigenvalue weighted by molar-refractivity contribution is 0.102. The lowest BCUT2D eigenvalue weighted by Gasteiger charge is -2.13. The highest BCUT2D eigenvalue weighted by atomic mass is 16.3. The topological polar surface area (TPSA) is 54.3 Å². The molecule has 0 saturated heterocycles. The van der Waals surface area contributed by atoms with Gasteiger partial charge in [-0.05, 0) is 49.4 Å². The number of amides is 1. The second kappa shape index (κ2) is 6.50. The van der Waals surface area contributed by atoms with Gasteiger partial charge >= 0.3 is 0 Å². The number of aliphatic hydroxyl groups excluding tert-OH is 1. The van der Waals surface area contributed by atoms with Gasteiger partial charge in [-0.1, -0.05) is 18.2 Å². The summed E-state index contributed by atoms with van der Waals surface area (Å²) in [6.07, 6.45) is 3.27. The number of carbonyl (C=O) groups is 1. The molecule has 0 aliphatic heterocycles. The molecule has 0 saturated carbocycles. The minimum Gasteiger partial charge on any atom is -0.389 e. The summed E-state index contributed by atoms with van der Waals surface area (Å²) in [5.74, 6) is -0.197. The van der Waals surface area contributed by atoms with E-state index in [-0.39, 0.29) is 5.91 Å². The van der Waals surface area contributed by atoms with Crippen molar-refractivity contribution < 1.29 is 9.90 Å². The Morgan fingerprint density at radius 1 is 1.00 bits per heavy atom. The Hall–Kier alpha value is -2.85. The van der Waals surface area contributed by atoms with Crippen molar-refractivity contribution in [1.29, 1.82) is 0 Å². The van der Waals surface area contributed by atoms with E-state index in [4.69, 9.17) is 0 Å². The first-order valence-corrected chi connectivity index (χ1v) is 7.47. The molecule has 0 fully saturated rings. The molecule has 116 valence electrons. The summed E-state index contributed by atoms with van der Waals surface area (Å²) < 4.78 is 1.98. The van der Waals surface area contributed by atoms with Crippen molar-refractivity contribution in [3.05, 3.63) is 84.2 Å². The van der Waals surface area contributed by atoms with Crippen LogP contribution in [-0.2, 0) is 0 Å². The molecule has 0 spiro atoms. The fourth-order valence-electron chi connectivity index (χ4n) is 2.46. The van der Waals surface area contributed by atoms with E-state index in [0.717, 1.165) is 5.69 Å². The molecular weight excluding hydrogens is 288 g/mol. The summed E-state index contributed by atoms with van der Waals surface area (Å²) in [4.78, 5) is 12.4. The van der Waals surface area contributed by atoms with Gasteiger partial charge in [0.25, 0.3) is 5.91 Å². The molecule has 1 amide bonds. The summed E-state index contributed by atoms with van der Waals surface area (Å²) in [6.45, 7) is 1.68. The molecule has 4 nitrogen and oxygen atoms in total. The number of hydrogen-bond donors (Lipinski definition) is 2. The van der Waals surface area contributed by atoms with Crippen LogP contribution in [0.25, 0.3) is 5.69 Å². The molecule has 0 bridgehead atoms. The number of para-hydroxylation sites is 1. The van der Waals surface area contributed by atoms with Crippen LogP contribution >= 0.6 is 0 Å². The maximum Gasteiger partial charge on any atom is 0.255 e. The lowest BCUT2D eigenvalue weighted by atomic mass is 10.1. The van der Waals surface area contributed by atoms with Crippen molar-refractivity contribution in [1.82, 2.24) is 4.57 Å². The third kappa shape index (κ3) is 3.33. The van der Waals surface area contributed by atoms with Crippen LogP contribution in [0.4, 0.5) is 5.69 Å². The predicted octanol–water partition coefficient (Wildman–Crippen LogP) is 3.78. The zero-order valence-corrected chi connectivity index (χ0v) is 12.8. The molecule has 2 aromatic carbocycles. The number of carbonyl (C=O) groups excluding carboxylic acids is 1. The first-order chi connectivity index (χ1) is 11.1. The summed E-state index contributed by atoms with van der Waals surface area (Å²) in [5.41, 5.74) is 2.89. The Bertz CT molecular complexity index is 791. The van der Waals surface area contributed by atoms with E-state index in [1.165, 1.54) is 0 Å². The maximum absolute atomic E-state index is 12.4. The smallest absolute Gasteiger partial charge is 0.255 e. The lowest BCUT2D eigenvalue weighted by Crippen LogP contribution is -2.14. The second-order valence-corrected chi connectivity index (χ2v) is 5.35. The van der Waals surface area contributed by atoms with Crippen LogP contribution in [-0.4, -0.2) is 15.6 Å². The van der Waals surface area contributed by atoms with Gasteiger partial charge in [0.15, 0.2) is 0 Å². The van der Waals surface area contributed by atoms with E-state index in [1.54, 1.807) is 31.2 Å². The first kappa shape index (κ1) is 15.1. The van der Waals surface area contributed by atoms with Gasteiger partial charge < -0.3 is 15.0 Å². The molecule has 1 atom stereocenters. The largest absolute Gasteiger partial charge is 0.389 e. The van der Waals surface area contributed by atoms with Crippen molar-refractivity contribution in [2.75, 3.05) is 5.32 Å². The fourth-order valence-corrected chi connectivity index (χ4v) is 2.46. The molecule has 0 aliphatic rings. The molecular formula is C19H18N2O2. The highest BCUT2D eigenvalue weighted by Gasteiger charge is 2.11. The maximum atomic E-state index is 12.4. The normalized spacial score (nSPS) is 11.9. The molecule has 1 aromatic heterocycles. The van der Waals surface area contributed by atoms with Crippen LogP contribution in [0.2, 0.25) is 0 Å². The van der Waals surface area contributed by atoms with E-state index in [1.807, 2.05) is 53.4 Å². The number of hydrogen-bond acceptors (Lipinski definition) is 2. The average molecular weight is 306 g/mol. The Kier molecular flexibility index (Phi) is 4.26. The Morgan fingerprint density at radius 2 is 1.65 bits per heavy atom. The minimum atomic E-state index is -0.636. The number of rotatable bonds is 4. The zero-order valence-electron chi connectivity index (χ0n) is 12.8. The van der Waals surface area contributed by atoms with Gasteiger partial charge in [-0.3, -0.25) is 4.79 Å². The van der Waals surface area contributed by atoms with Gasteiger partial charge in [-0.15, -0.1) is 0 Å². The summed E-state index contributed by atoms with van der Waals surface area (Å²) in [7, 11) is 0. The molecule has 0 radical (unpaired) electrons. The van der Waals surface area contributed by atoms with Gasteiger partial charge in [0.2, 0.25) is 0 Å². The molecule has 1 unspecified atom stereocenters. The highest BCUT2D eigenvalue weighted by Crippen LogP contribution is 2.23. The van der Waals surface area contributed by atoms with Gasteiger partial charge in [-0.25, -0.2) is 0 Å². The third-order valence-corrected chi connectivity index (χ3v) is 3.69. The van der Waals surface area contributed by atoms with Crippen LogP contribution in [0, 0.1) is 0 Å². The molecule has 4 heteroatoms. The van der Waals surface area contributed by atoms with Crippen LogP contribution < -0.4 is 5.32 Å². The molecule has 23 heavy (non-hydrogen) atoms. The minimum absolute atomic E-state index is 0.197. The number of nitrogens with one attached hydrogen (secondary N) is 1. The fraction of sp³-hybridized carbons (Fsp3) is 0.105. The van der Waals surface area contributed by atoms with Gasteiger partial charge in [0, 0.05) is 34.9 Å². The summed E-state index contributed by atoms with van der Waals surface area (Å²) in [5, 5.41) is 12.6. The Balaban J connectivity index is 1.79. The van der Waals surface area contributed by atoms with Crippen molar-refractivity contribution in [3.63, 3.8) is 0 Å². The van der Waals surface area contributed by atoms with E-state index in [9.17, 15) is 9.90 Å². The SMILES string of the molecule is CC(O)c1ccccc1NC(=O)c1ccc(-n2cccc2)cc1. The molecule has 2 N–H and O–H groups in total. The van der Waals surface area contributed by atoms with Crippen molar-refractivity contribution in [2.45, 2.75) is 13.0 Å². The van der Waals surface area contributed by atoms with Gasteiger partial charge in [-0.2, -0.15) is 0 Å². The zero-order chi connectivity index (χ0) is 16.2. The third-order valence-electron chi connectivity index (χ3n) is 3.69. The highest BCUT2D eigenvalue weighted by molar-refractivity contribution is 6.04. The molecule has 3 rings (SSSR count). The van der Waals surface area contributed by atoms with Crippen molar-refractivity contribution in [2.24, 2.45) is 0 Å². The molecule has 1 heterocycles. The standard InChI is InChI=1S/C19H18N2O2/c1-14(22)17-6-2-3-7-18(17)20-19(23)15-8-10-16(11-9-15)21-12-4-5-13-21/h2-14,22H,1H3,(H,20,23). The number of benzene rings is 2. The summed E-state index contributed by atoms with van der Waals surface area (Å²) >= 11 is 0. The van der Waals surface area contributed by atoms with Crippen molar-refractivity contribution in [3.8, 4) is 5.69 Å². The Morgan fingerprint density at radius 3 is 2.30 bits per heavy atom. The summed E-state index contributed by atoms with van der Waals surface area (Å²) in [6, 6.07) is 18.5. The number of anilines is 1. The number of nitrogens with zero attached hydrogens (tertiary/aromatic N) is 1. The van der Waals surface area contributed by atoms with Crippen LogP contribution in [0.1, 0.15) is 28.9 Å². The second-order valence-electron chi connectivity index (χ2n) is 5.35. The monoisotopic (exact) mass is 306 g/mol. The Labute approximate surface area is 135 Å². The first-order valence-electron chi connectivity index (χ1n) is 7.47. The van der Waals surface area contributed by atoms with Gasteiger partial charge in [0.1, 0.15) is 0 Å². The van der Waals surface area contributed by atoms with E-state index >= 15 is 0 Å². The van der Waals surface area contributed by atoms with E-state index in [2.05, 4.69) is 5.32 Å². The van der Waals surface area contributed by atoms with Crippen molar-refractivity contribution >= 4 is 11.6 Å². The van der Waals surface area contributed by atoms with E-state index in [0.29, 0.717) is 16.8 Å². The predicted molar refractivity (Wildman–Crippen MR) is 90.8 cm³/mol. The van der Waals surface area contributed by atoms with Crippen LogP contribution in [0.15, 0.2) is 73.1 Å². The van der Waals surface area contributed by atoms with E-state index < -0.39 is 6.10 Å². The number of aromatic nitrogens is 1. The van der Waals surface area contributed by atoms with Crippen LogP contribution in [0.3, 0.4) is 0 Å². The quantitative estimate of drug-likeness (QED) is 0.770. The molecule has 3 aromatic rings. The van der Waals surface area contributed by atoms with Gasteiger partial charge in [0.05, 0.1) is 6.10 Å². The van der Waals surface area contributed by atoms with Crippen LogP contribution in [0.5, 0.6) is 0 Å².